The maximum atomic E-state index is 13.1. The van der Waals surface area contributed by atoms with Crippen molar-refractivity contribution in [2.75, 3.05) is 17.0 Å². The molecule has 1 aromatic rings. The fraction of sp³-hybridized carbons (Fsp3) is 0.385. The van der Waals surface area contributed by atoms with Crippen molar-refractivity contribution in [3.63, 3.8) is 0 Å². The summed E-state index contributed by atoms with van der Waals surface area (Å²) in [5.74, 6) is 4.74. The lowest BCUT2D eigenvalue weighted by Gasteiger charge is -2.11. The highest BCUT2D eigenvalue weighted by atomic mass is 32.2. The highest BCUT2D eigenvalue weighted by Crippen LogP contribution is 2.18. The molecule has 0 bridgehead atoms. The van der Waals surface area contributed by atoms with Gasteiger partial charge in [0.25, 0.3) is 0 Å². The van der Waals surface area contributed by atoms with Crippen LogP contribution >= 0.6 is 0 Å². The van der Waals surface area contributed by atoms with Crippen molar-refractivity contribution in [1.29, 1.82) is 0 Å². The van der Waals surface area contributed by atoms with Crippen LogP contribution in [-0.4, -0.2) is 20.7 Å². The molecule has 3 N–H and O–H groups in total. The van der Waals surface area contributed by atoms with Crippen molar-refractivity contribution in [3.8, 4) is 11.8 Å². The van der Waals surface area contributed by atoms with Gasteiger partial charge in [-0.15, -0.1) is 0 Å². The number of anilines is 1. The summed E-state index contributed by atoms with van der Waals surface area (Å²) in [4.78, 5) is 0. The van der Waals surface area contributed by atoms with Gasteiger partial charge < -0.3 is 5.73 Å². The maximum Gasteiger partial charge on any atom is 0.233 e. The third-order valence-corrected chi connectivity index (χ3v) is 3.76. The van der Waals surface area contributed by atoms with Crippen molar-refractivity contribution in [3.05, 3.63) is 29.6 Å². The second-order valence-electron chi connectivity index (χ2n) is 4.47. The summed E-state index contributed by atoms with van der Waals surface area (Å²) in [7, 11) is -3.47. The molecule has 19 heavy (non-hydrogen) atoms. The summed E-state index contributed by atoms with van der Waals surface area (Å²) < 4.78 is 39.2. The largest absolute Gasteiger partial charge is 0.320 e. The van der Waals surface area contributed by atoms with E-state index >= 15 is 0 Å². The third-order valence-electron chi connectivity index (χ3n) is 2.12. The highest BCUT2D eigenvalue weighted by Gasteiger charge is 2.14. The molecule has 104 valence electrons. The average molecular weight is 284 g/mol. The van der Waals surface area contributed by atoms with E-state index in [2.05, 4.69) is 16.6 Å². The second-order valence-corrected chi connectivity index (χ2v) is 6.24. The van der Waals surface area contributed by atoms with E-state index < -0.39 is 15.8 Å². The van der Waals surface area contributed by atoms with E-state index in [0.717, 1.165) is 0 Å². The van der Waals surface area contributed by atoms with Crippen LogP contribution in [-0.2, 0) is 10.0 Å². The number of nitrogens with two attached hydrogens (primary N) is 1. The van der Waals surface area contributed by atoms with E-state index in [1.54, 1.807) is 13.8 Å². The standard InChI is InChI=1S/C13H17FN2O2S/c1-10(2)9-19(17,18)16-13-6-5-12(14)8-11(13)4-3-7-15/h5-6,8,10,16H,7,9,15H2,1-2H3. The van der Waals surface area contributed by atoms with Crippen molar-refractivity contribution in [1.82, 2.24) is 0 Å². The van der Waals surface area contributed by atoms with Gasteiger partial charge in [0.1, 0.15) is 5.82 Å². The Morgan fingerprint density at radius 3 is 2.68 bits per heavy atom. The first kappa shape index (κ1) is 15.5. The first-order valence-corrected chi connectivity index (χ1v) is 7.48. The summed E-state index contributed by atoms with van der Waals surface area (Å²) in [6, 6.07) is 3.71. The van der Waals surface area contributed by atoms with Gasteiger partial charge in [-0.25, -0.2) is 12.8 Å². The second kappa shape index (κ2) is 6.55. The molecule has 0 aliphatic carbocycles. The molecule has 4 nitrogen and oxygen atoms in total. The molecule has 0 saturated carbocycles. The van der Waals surface area contributed by atoms with E-state index in [0.29, 0.717) is 0 Å². The summed E-state index contributed by atoms with van der Waals surface area (Å²) in [5, 5.41) is 0. The van der Waals surface area contributed by atoms with Gasteiger partial charge in [-0.3, -0.25) is 4.72 Å². The summed E-state index contributed by atoms with van der Waals surface area (Å²) >= 11 is 0. The normalized spacial score (nSPS) is 11.0. The molecule has 0 aromatic heterocycles. The van der Waals surface area contributed by atoms with Crippen LogP contribution in [0.2, 0.25) is 0 Å². The molecule has 0 radical (unpaired) electrons. The van der Waals surface area contributed by atoms with Crippen LogP contribution in [0.4, 0.5) is 10.1 Å². The first-order valence-electron chi connectivity index (χ1n) is 5.83. The summed E-state index contributed by atoms with van der Waals surface area (Å²) in [6.07, 6.45) is 0. The zero-order chi connectivity index (χ0) is 14.5. The molecule has 0 unspecified atom stereocenters. The van der Waals surface area contributed by atoms with Crippen LogP contribution < -0.4 is 10.5 Å². The quantitative estimate of drug-likeness (QED) is 0.824. The molecule has 0 fully saturated rings. The molecule has 1 rings (SSSR count). The van der Waals surface area contributed by atoms with Crippen molar-refractivity contribution < 1.29 is 12.8 Å². The van der Waals surface area contributed by atoms with Crippen LogP contribution in [0.15, 0.2) is 18.2 Å². The first-order chi connectivity index (χ1) is 8.84. The molecular formula is C13H17FN2O2S. The number of hydrogen-bond donors (Lipinski definition) is 2. The predicted octanol–water partition coefficient (Wildman–Crippen LogP) is 1.53. The summed E-state index contributed by atoms with van der Waals surface area (Å²) in [6.45, 7) is 3.73. The van der Waals surface area contributed by atoms with E-state index in [4.69, 9.17) is 5.73 Å². The van der Waals surface area contributed by atoms with E-state index in [1.807, 2.05) is 0 Å². The predicted molar refractivity (Wildman–Crippen MR) is 74.6 cm³/mol. The lowest BCUT2D eigenvalue weighted by molar-refractivity contribution is 0.587. The number of benzene rings is 1. The Labute approximate surface area is 113 Å². The van der Waals surface area contributed by atoms with Gasteiger partial charge >= 0.3 is 0 Å². The van der Waals surface area contributed by atoms with Crippen molar-refractivity contribution in [2.24, 2.45) is 11.7 Å². The van der Waals surface area contributed by atoms with E-state index in [9.17, 15) is 12.8 Å². The molecule has 0 amide bonds. The molecule has 0 aliphatic heterocycles. The molecule has 1 aromatic carbocycles. The number of hydrogen-bond acceptors (Lipinski definition) is 3. The lowest BCUT2D eigenvalue weighted by Crippen LogP contribution is -2.20. The maximum absolute atomic E-state index is 13.1. The van der Waals surface area contributed by atoms with E-state index in [-0.39, 0.29) is 29.5 Å². The number of sulfonamides is 1. The molecule has 6 heteroatoms. The van der Waals surface area contributed by atoms with Gasteiger partial charge in [-0.2, -0.15) is 0 Å². The van der Waals surface area contributed by atoms with Gasteiger partial charge in [0.2, 0.25) is 10.0 Å². The van der Waals surface area contributed by atoms with E-state index in [1.165, 1.54) is 18.2 Å². The molecule has 0 atom stereocenters. The lowest BCUT2D eigenvalue weighted by atomic mass is 10.2. The SMILES string of the molecule is CC(C)CS(=O)(=O)Nc1ccc(F)cc1C#CCN. The minimum absolute atomic E-state index is 0.00322. The van der Waals surface area contributed by atoms with Crippen LogP contribution in [0.3, 0.4) is 0 Å². The van der Waals surface area contributed by atoms with Crippen LogP contribution in [0.5, 0.6) is 0 Å². The zero-order valence-electron chi connectivity index (χ0n) is 10.9. The summed E-state index contributed by atoms with van der Waals surface area (Å²) in [5.41, 5.74) is 5.79. The van der Waals surface area contributed by atoms with Gasteiger partial charge in [-0.05, 0) is 24.1 Å². The van der Waals surface area contributed by atoms with Gasteiger partial charge in [0, 0.05) is 0 Å². The van der Waals surface area contributed by atoms with Gasteiger partial charge in [-0.1, -0.05) is 25.7 Å². The average Bonchev–Trinajstić information content (AvgIpc) is 2.27. The fourth-order valence-corrected chi connectivity index (χ4v) is 2.98. The Hall–Kier alpha value is -1.58. The van der Waals surface area contributed by atoms with Crippen LogP contribution in [0, 0.1) is 23.6 Å². The molecule has 0 aliphatic rings. The highest BCUT2D eigenvalue weighted by molar-refractivity contribution is 7.92. The third kappa shape index (κ3) is 5.28. The molecule has 0 heterocycles. The fourth-order valence-electron chi connectivity index (χ4n) is 1.50. The topological polar surface area (TPSA) is 72.2 Å². The Balaban J connectivity index is 3.07. The Bertz CT molecular complexity index is 601. The Kier molecular flexibility index (Phi) is 5.33. The molecule has 0 spiro atoms. The smallest absolute Gasteiger partial charge is 0.233 e. The Morgan fingerprint density at radius 2 is 2.11 bits per heavy atom. The zero-order valence-corrected chi connectivity index (χ0v) is 11.7. The van der Waals surface area contributed by atoms with Crippen LogP contribution in [0.1, 0.15) is 19.4 Å². The van der Waals surface area contributed by atoms with Gasteiger partial charge in [0.15, 0.2) is 0 Å². The van der Waals surface area contributed by atoms with Crippen molar-refractivity contribution >= 4 is 15.7 Å². The minimum Gasteiger partial charge on any atom is -0.320 e. The van der Waals surface area contributed by atoms with Crippen LogP contribution in [0.25, 0.3) is 0 Å². The van der Waals surface area contributed by atoms with Gasteiger partial charge in [0.05, 0.1) is 23.5 Å². The molecular weight excluding hydrogens is 267 g/mol. The minimum atomic E-state index is -3.47. The number of nitrogens with one attached hydrogen (secondary N) is 1. The van der Waals surface area contributed by atoms with Crippen molar-refractivity contribution in [2.45, 2.75) is 13.8 Å². The number of rotatable bonds is 4. The number of halogens is 1. The monoisotopic (exact) mass is 284 g/mol. The molecule has 0 saturated heterocycles. The Morgan fingerprint density at radius 1 is 1.42 bits per heavy atom.